The molecular formula is C25H30N4O3. The third-order valence-corrected chi connectivity index (χ3v) is 6.50. The van der Waals surface area contributed by atoms with Crippen molar-refractivity contribution < 1.29 is 14.0 Å². The van der Waals surface area contributed by atoms with Gasteiger partial charge in [0.2, 0.25) is 0 Å². The van der Waals surface area contributed by atoms with Crippen LogP contribution in [0.2, 0.25) is 0 Å². The van der Waals surface area contributed by atoms with Crippen molar-refractivity contribution in [1.29, 1.82) is 0 Å². The minimum atomic E-state index is -0.148. The van der Waals surface area contributed by atoms with Gasteiger partial charge in [0.05, 0.1) is 6.54 Å². The van der Waals surface area contributed by atoms with E-state index in [-0.39, 0.29) is 17.9 Å². The van der Waals surface area contributed by atoms with Gasteiger partial charge in [0.15, 0.2) is 11.5 Å². The molecule has 3 heterocycles. The van der Waals surface area contributed by atoms with E-state index in [0.29, 0.717) is 42.5 Å². The number of para-hydroxylation sites is 1. The first kappa shape index (κ1) is 20.8. The number of nitrogens with one attached hydrogen (secondary N) is 1. The zero-order chi connectivity index (χ0) is 22.2. The van der Waals surface area contributed by atoms with E-state index in [1.807, 2.05) is 28.9 Å². The molecule has 0 unspecified atom stereocenters. The van der Waals surface area contributed by atoms with Crippen molar-refractivity contribution in [2.24, 2.45) is 5.92 Å². The van der Waals surface area contributed by atoms with Crippen LogP contribution in [0, 0.1) is 5.92 Å². The lowest BCUT2D eigenvalue weighted by Gasteiger charge is -2.27. The lowest BCUT2D eigenvalue weighted by molar-refractivity contribution is 0.0700. The summed E-state index contributed by atoms with van der Waals surface area (Å²) in [5.74, 6) is 0.487. The number of nitrogens with zero attached hydrogens (tertiary/aromatic N) is 3. The SMILES string of the molecule is CC(C)Cn1nc(C(=O)NC2CCCC2)c2c1CCN(C(=O)c1cc3ccccc3o1)C2. The number of hydrogen-bond donors (Lipinski definition) is 1. The molecule has 1 aromatic carbocycles. The van der Waals surface area contributed by atoms with E-state index in [4.69, 9.17) is 9.52 Å². The number of benzene rings is 1. The summed E-state index contributed by atoms with van der Waals surface area (Å²) < 4.78 is 7.78. The average molecular weight is 435 g/mol. The Balaban J connectivity index is 1.42. The Labute approximate surface area is 187 Å². The molecule has 2 aliphatic rings. The van der Waals surface area contributed by atoms with Gasteiger partial charge < -0.3 is 14.6 Å². The van der Waals surface area contributed by atoms with Crippen molar-refractivity contribution in [3.63, 3.8) is 0 Å². The minimum absolute atomic E-state index is 0.117. The van der Waals surface area contributed by atoms with Crippen LogP contribution in [0.1, 0.15) is 71.8 Å². The highest BCUT2D eigenvalue weighted by atomic mass is 16.3. The second-order valence-corrected chi connectivity index (χ2v) is 9.43. The molecule has 0 bridgehead atoms. The molecule has 1 saturated carbocycles. The second kappa shape index (κ2) is 8.45. The first-order valence-corrected chi connectivity index (χ1v) is 11.7. The van der Waals surface area contributed by atoms with Gasteiger partial charge in [-0.05, 0) is 30.9 Å². The molecule has 5 rings (SSSR count). The number of hydrogen-bond acceptors (Lipinski definition) is 4. The van der Waals surface area contributed by atoms with Crippen molar-refractivity contribution in [1.82, 2.24) is 20.0 Å². The molecule has 32 heavy (non-hydrogen) atoms. The van der Waals surface area contributed by atoms with Gasteiger partial charge in [-0.2, -0.15) is 5.10 Å². The summed E-state index contributed by atoms with van der Waals surface area (Å²) in [6, 6.07) is 9.64. The highest BCUT2D eigenvalue weighted by Crippen LogP contribution is 2.27. The molecule has 1 aliphatic carbocycles. The number of carbonyl (C=O) groups excluding carboxylic acids is 2. The van der Waals surface area contributed by atoms with Crippen LogP contribution in [0.25, 0.3) is 11.0 Å². The number of furan rings is 1. The summed E-state index contributed by atoms with van der Waals surface area (Å²) in [6.45, 7) is 6.00. The van der Waals surface area contributed by atoms with Gasteiger partial charge in [0, 0.05) is 42.2 Å². The Morgan fingerprint density at radius 3 is 2.75 bits per heavy atom. The van der Waals surface area contributed by atoms with Crippen LogP contribution in [0.3, 0.4) is 0 Å². The van der Waals surface area contributed by atoms with Crippen LogP contribution < -0.4 is 5.32 Å². The van der Waals surface area contributed by atoms with Gasteiger partial charge in [0.1, 0.15) is 5.58 Å². The fourth-order valence-corrected chi connectivity index (χ4v) is 4.91. The third-order valence-electron chi connectivity index (χ3n) is 6.50. The van der Waals surface area contributed by atoms with E-state index in [1.165, 1.54) is 0 Å². The molecule has 1 aliphatic heterocycles. The summed E-state index contributed by atoms with van der Waals surface area (Å²) in [5.41, 5.74) is 3.12. The van der Waals surface area contributed by atoms with Crippen molar-refractivity contribution >= 4 is 22.8 Å². The molecule has 2 aromatic heterocycles. The van der Waals surface area contributed by atoms with E-state index >= 15 is 0 Å². The van der Waals surface area contributed by atoms with Crippen LogP contribution in [0.4, 0.5) is 0 Å². The summed E-state index contributed by atoms with van der Waals surface area (Å²) >= 11 is 0. The monoisotopic (exact) mass is 434 g/mol. The van der Waals surface area contributed by atoms with Crippen molar-refractivity contribution in [3.8, 4) is 0 Å². The molecular weight excluding hydrogens is 404 g/mol. The number of fused-ring (bicyclic) bond motifs is 2. The Kier molecular flexibility index (Phi) is 5.49. The maximum atomic E-state index is 13.2. The van der Waals surface area contributed by atoms with Crippen LogP contribution >= 0.6 is 0 Å². The zero-order valence-corrected chi connectivity index (χ0v) is 18.8. The fourth-order valence-electron chi connectivity index (χ4n) is 4.91. The summed E-state index contributed by atoms with van der Waals surface area (Å²) in [7, 11) is 0. The normalized spacial score (nSPS) is 16.7. The Morgan fingerprint density at radius 2 is 2.00 bits per heavy atom. The molecule has 7 heteroatoms. The molecule has 168 valence electrons. The zero-order valence-electron chi connectivity index (χ0n) is 18.8. The van der Waals surface area contributed by atoms with Crippen LogP contribution in [0.5, 0.6) is 0 Å². The standard InChI is InChI=1S/C25H30N4O3/c1-16(2)14-29-20-11-12-28(25(31)22-13-17-7-3-6-10-21(17)32-22)15-19(20)23(27-29)24(30)26-18-8-4-5-9-18/h3,6-7,10,13,16,18H,4-5,8-9,11-12,14-15H2,1-2H3,(H,26,30). The van der Waals surface area contributed by atoms with Crippen molar-refractivity contribution in [3.05, 3.63) is 53.0 Å². The lowest BCUT2D eigenvalue weighted by atomic mass is 10.0. The maximum Gasteiger partial charge on any atom is 0.289 e. The van der Waals surface area contributed by atoms with Gasteiger partial charge in [-0.25, -0.2) is 0 Å². The summed E-state index contributed by atoms with van der Waals surface area (Å²) in [6.07, 6.45) is 5.04. The summed E-state index contributed by atoms with van der Waals surface area (Å²) in [5, 5.41) is 8.80. The molecule has 0 saturated heterocycles. The van der Waals surface area contributed by atoms with E-state index < -0.39 is 0 Å². The Hall–Kier alpha value is -3.09. The van der Waals surface area contributed by atoms with Gasteiger partial charge >= 0.3 is 0 Å². The Morgan fingerprint density at radius 1 is 1.22 bits per heavy atom. The summed E-state index contributed by atoms with van der Waals surface area (Å²) in [4.78, 5) is 28.1. The third kappa shape index (κ3) is 3.92. The van der Waals surface area contributed by atoms with Crippen LogP contribution in [0.15, 0.2) is 34.7 Å². The number of carbonyl (C=O) groups is 2. The molecule has 2 amide bonds. The number of aromatic nitrogens is 2. The van der Waals surface area contributed by atoms with Gasteiger partial charge in [-0.3, -0.25) is 14.3 Å². The smallest absolute Gasteiger partial charge is 0.289 e. The first-order chi connectivity index (χ1) is 15.5. The largest absolute Gasteiger partial charge is 0.451 e. The predicted molar refractivity (Wildman–Crippen MR) is 121 cm³/mol. The van der Waals surface area contributed by atoms with E-state index in [1.54, 1.807) is 11.0 Å². The molecule has 1 fully saturated rings. The fraction of sp³-hybridized carbons (Fsp3) is 0.480. The van der Waals surface area contributed by atoms with Gasteiger partial charge in [-0.15, -0.1) is 0 Å². The highest BCUT2D eigenvalue weighted by Gasteiger charge is 2.32. The van der Waals surface area contributed by atoms with Crippen molar-refractivity contribution in [2.75, 3.05) is 6.54 Å². The number of amides is 2. The molecule has 3 aromatic rings. The van der Waals surface area contributed by atoms with Gasteiger partial charge in [-0.1, -0.05) is 44.9 Å². The average Bonchev–Trinajstić information content (AvgIpc) is 3.51. The predicted octanol–water partition coefficient (Wildman–Crippen LogP) is 4.16. The maximum absolute atomic E-state index is 13.2. The first-order valence-electron chi connectivity index (χ1n) is 11.7. The van der Waals surface area contributed by atoms with Crippen LogP contribution in [-0.2, 0) is 19.5 Å². The van der Waals surface area contributed by atoms with Crippen LogP contribution in [-0.4, -0.2) is 39.1 Å². The van der Waals surface area contributed by atoms with Gasteiger partial charge in [0.25, 0.3) is 11.8 Å². The van der Waals surface area contributed by atoms with E-state index in [9.17, 15) is 9.59 Å². The minimum Gasteiger partial charge on any atom is -0.451 e. The molecule has 1 N–H and O–H groups in total. The van der Waals surface area contributed by atoms with E-state index in [2.05, 4.69) is 19.2 Å². The quantitative estimate of drug-likeness (QED) is 0.654. The molecule has 0 spiro atoms. The number of rotatable bonds is 5. The highest BCUT2D eigenvalue weighted by molar-refractivity contribution is 5.97. The molecule has 0 atom stereocenters. The topological polar surface area (TPSA) is 80.4 Å². The second-order valence-electron chi connectivity index (χ2n) is 9.43. The van der Waals surface area contributed by atoms with Crippen molar-refractivity contribution in [2.45, 2.75) is 65.1 Å². The Bertz CT molecular complexity index is 1120. The van der Waals surface area contributed by atoms with E-state index in [0.717, 1.165) is 48.9 Å². The molecule has 7 nitrogen and oxygen atoms in total. The lowest BCUT2D eigenvalue weighted by Crippen LogP contribution is -2.38. The molecule has 0 radical (unpaired) electrons.